The molecule has 0 radical (unpaired) electrons. The number of esters is 1. The molecular formula is C20H20ClNO3. The lowest BCUT2D eigenvalue weighted by Gasteiger charge is -2.21. The zero-order chi connectivity index (χ0) is 18.2. The van der Waals surface area contributed by atoms with Crippen LogP contribution in [-0.4, -0.2) is 29.9 Å². The van der Waals surface area contributed by atoms with E-state index in [2.05, 4.69) is 0 Å². The number of rotatable bonds is 6. The summed E-state index contributed by atoms with van der Waals surface area (Å²) in [5.41, 5.74) is 1.83. The third-order valence-electron chi connectivity index (χ3n) is 3.56. The van der Waals surface area contributed by atoms with Crippen LogP contribution in [0, 0.1) is 0 Å². The zero-order valence-electron chi connectivity index (χ0n) is 14.2. The summed E-state index contributed by atoms with van der Waals surface area (Å²) in [6, 6.07) is 16.7. The van der Waals surface area contributed by atoms with Gasteiger partial charge in [0.05, 0.1) is 0 Å². The molecule has 0 bridgehead atoms. The Balaban J connectivity index is 1.87. The first kappa shape index (κ1) is 18.7. The standard InChI is InChI=1S/C20H20ClNO3/c1-15(20(24)22(2)14-17-6-4-3-5-7-17)25-19(23)13-10-16-8-11-18(21)12-9-16/h3-13,15H,14H2,1-2H3/b13-10+/t15-/m0/s1. The molecule has 0 aromatic heterocycles. The largest absolute Gasteiger partial charge is 0.449 e. The van der Waals surface area contributed by atoms with Crippen molar-refractivity contribution in [1.82, 2.24) is 4.90 Å². The third-order valence-corrected chi connectivity index (χ3v) is 3.81. The molecule has 0 aliphatic carbocycles. The number of halogens is 1. The first-order chi connectivity index (χ1) is 12.0. The molecule has 2 rings (SSSR count). The molecule has 4 nitrogen and oxygen atoms in total. The molecule has 0 aliphatic heterocycles. The van der Waals surface area contributed by atoms with Crippen molar-refractivity contribution < 1.29 is 14.3 Å². The normalized spacial score (nSPS) is 12.0. The van der Waals surface area contributed by atoms with Gasteiger partial charge in [0.25, 0.3) is 5.91 Å². The topological polar surface area (TPSA) is 46.6 Å². The first-order valence-corrected chi connectivity index (χ1v) is 8.26. The lowest BCUT2D eigenvalue weighted by molar-refractivity contribution is -0.154. The number of nitrogens with zero attached hydrogens (tertiary/aromatic N) is 1. The lowest BCUT2D eigenvalue weighted by atomic mass is 10.2. The molecule has 0 spiro atoms. The van der Waals surface area contributed by atoms with Crippen molar-refractivity contribution in [2.24, 2.45) is 0 Å². The van der Waals surface area contributed by atoms with Gasteiger partial charge in [-0.15, -0.1) is 0 Å². The highest BCUT2D eigenvalue weighted by molar-refractivity contribution is 6.30. The van der Waals surface area contributed by atoms with E-state index in [-0.39, 0.29) is 5.91 Å². The summed E-state index contributed by atoms with van der Waals surface area (Å²) in [4.78, 5) is 25.7. The van der Waals surface area contributed by atoms with Gasteiger partial charge in [0, 0.05) is 24.7 Å². The van der Waals surface area contributed by atoms with Crippen LogP contribution in [0.1, 0.15) is 18.1 Å². The third kappa shape index (κ3) is 6.08. The van der Waals surface area contributed by atoms with Gasteiger partial charge in [-0.2, -0.15) is 0 Å². The van der Waals surface area contributed by atoms with Crippen molar-refractivity contribution in [3.05, 3.63) is 76.8 Å². The predicted octanol–water partition coefficient (Wildman–Crippen LogP) is 3.94. The second-order valence-corrected chi connectivity index (χ2v) is 6.08. The summed E-state index contributed by atoms with van der Waals surface area (Å²) in [5.74, 6) is -0.819. The fourth-order valence-corrected chi connectivity index (χ4v) is 2.37. The van der Waals surface area contributed by atoms with E-state index in [9.17, 15) is 9.59 Å². The SMILES string of the molecule is C[C@H](OC(=O)/C=C/c1ccc(Cl)cc1)C(=O)N(C)Cc1ccccc1. The van der Waals surface area contributed by atoms with Gasteiger partial charge >= 0.3 is 5.97 Å². The van der Waals surface area contributed by atoms with Crippen LogP contribution in [0.3, 0.4) is 0 Å². The fraction of sp³-hybridized carbons (Fsp3) is 0.200. The monoisotopic (exact) mass is 357 g/mol. The van der Waals surface area contributed by atoms with Crippen molar-refractivity contribution in [2.75, 3.05) is 7.05 Å². The quantitative estimate of drug-likeness (QED) is 0.581. The van der Waals surface area contributed by atoms with Crippen LogP contribution in [0.25, 0.3) is 6.08 Å². The molecule has 130 valence electrons. The van der Waals surface area contributed by atoms with Crippen molar-refractivity contribution in [2.45, 2.75) is 19.6 Å². The highest BCUT2D eigenvalue weighted by Crippen LogP contribution is 2.11. The van der Waals surface area contributed by atoms with Crippen LogP contribution in [0.4, 0.5) is 0 Å². The van der Waals surface area contributed by atoms with Crippen LogP contribution in [0.2, 0.25) is 5.02 Å². The Bertz CT molecular complexity index is 741. The Morgan fingerprint density at radius 2 is 1.76 bits per heavy atom. The molecule has 0 saturated heterocycles. The average Bonchev–Trinajstić information content (AvgIpc) is 2.61. The Morgan fingerprint density at radius 3 is 2.40 bits per heavy atom. The van der Waals surface area contributed by atoms with Gasteiger partial charge in [-0.05, 0) is 36.3 Å². The van der Waals surface area contributed by atoms with Gasteiger partial charge in [-0.25, -0.2) is 4.79 Å². The number of likely N-dealkylation sites (N-methyl/N-ethyl adjacent to an activating group) is 1. The fourth-order valence-electron chi connectivity index (χ4n) is 2.25. The average molecular weight is 358 g/mol. The predicted molar refractivity (Wildman–Crippen MR) is 99.0 cm³/mol. The second kappa shape index (κ2) is 9.04. The van der Waals surface area contributed by atoms with E-state index in [1.807, 2.05) is 30.3 Å². The summed E-state index contributed by atoms with van der Waals surface area (Å²) in [6.07, 6.45) is 2.06. The van der Waals surface area contributed by atoms with E-state index < -0.39 is 12.1 Å². The summed E-state index contributed by atoms with van der Waals surface area (Å²) in [7, 11) is 1.68. The number of hydrogen-bond acceptors (Lipinski definition) is 3. The van der Waals surface area contributed by atoms with E-state index >= 15 is 0 Å². The molecule has 2 aromatic carbocycles. The van der Waals surface area contributed by atoms with Crippen molar-refractivity contribution >= 4 is 29.6 Å². The van der Waals surface area contributed by atoms with Crippen LogP contribution in [0.5, 0.6) is 0 Å². The Kier molecular flexibility index (Phi) is 6.78. The molecule has 0 heterocycles. The molecule has 0 saturated carbocycles. The van der Waals surface area contributed by atoms with Crippen LogP contribution in [0.15, 0.2) is 60.7 Å². The molecule has 0 unspecified atom stereocenters. The van der Waals surface area contributed by atoms with E-state index in [4.69, 9.17) is 16.3 Å². The maximum atomic E-state index is 12.3. The van der Waals surface area contributed by atoms with Crippen LogP contribution >= 0.6 is 11.6 Å². The van der Waals surface area contributed by atoms with Gasteiger partial charge in [0.1, 0.15) is 0 Å². The minimum absolute atomic E-state index is 0.253. The molecule has 0 aliphatic rings. The molecule has 1 amide bonds. The van der Waals surface area contributed by atoms with Gasteiger partial charge in [0.15, 0.2) is 6.10 Å². The van der Waals surface area contributed by atoms with Gasteiger partial charge in [0.2, 0.25) is 0 Å². The number of carbonyl (C=O) groups excluding carboxylic acids is 2. The second-order valence-electron chi connectivity index (χ2n) is 5.64. The highest BCUT2D eigenvalue weighted by Gasteiger charge is 2.20. The van der Waals surface area contributed by atoms with E-state index in [0.29, 0.717) is 11.6 Å². The Labute approximate surface area is 152 Å². The number of benzene rings is 2. The number of ether oxygens (including phenoxy) is 1. The van der Waals surface area contributed by atoms with Crippen molar-refractivity contribution in [3.8, 4) is 0 Å². The summed E-state index contributed by atoms with van der Waals surface area (Å²) >= 11 is 5.81. The smallest absolute Gasteiger partial charge is 0.331 e. The summed E-state index contributed by atoms with van der Waals surface area (Å²) in [5, 5.41) is 0.625. The van der Waals surface area contributed by atoms with Gasteiger partial charge in [-0.3, -0.25) is 4.79 Å². The maximum absolute atomic E-state index is 12.3. The van der Waals surface area contributed by atoms with Crippen LogP contribution < -0.4 is 0 Å². The zero-order valence-corrected chi connectivity index (χ0v) is 14.9. The van der Waals surface area contributed by atoms with Crippen molar-refractivity contribution in [3.63, 3.8) is 0 Å². The summed E-state index contributed by atoms with van der Waals surface area (Å²) in [6.45, 7) is 2.03. The Hall–Kier alpha value is -2.59. The number of carbonyl (C=O) groups is 2. The molecule has 5 heteroatoms. The van der Waals surface area contributed by atoms with Crippen molar-refractivity contribution in [1.29, 1.82) is 0 Å². The first-order valence-electron chi connectivity index (χ1n) is 7.89. The molecule has 2 aromatic rings. The highest BCUT2D eigenvalue weighted by atomic mass is 35.5. The Morgan fingerprint density at radius 1 is 1.12 bits per heavy atom. The maximum Gasteiger partial charge on any atom is 0.331 e. The van der Waals surface area contributed by atoms with Gasteiger partial charge in [-0.1, -0.05) is 54.1 Å². The number of hydrogen-bond donors (Lipinski definition) is 0. The summed E-state index contributed by atoms with van der Waals surface area (Å²) < 4.78 is 5.17. The van der Waals surface area contributed by atoms with E-state index in [1.54, 1.807) is 44.3 Å². The molecule has 0 N–H and O–H groups in total. The lowest BCUT2D eigenvalue weighted by Crippen LogP contribution is -2.36. The van der Waals surface area contributed by atoms with E-state index in [0.717, 1.165) is 11.1 Å². The minimum Gasteiger partial charge on any atom is -0.449 e. The molecule has 0 fully saturated rings. The van der Waals surface area contributed by atoms with Crippen LogP contribution in [-0.2, 0) is 20.9 Å². The molecule has 25 heavy (non-hydrogen) atoms. The van der Waals surface area contributed by atoms with E-state index in [1.165, 1.54) is 11.0 Å². The minimum atomic E-state index is -0.851. The number of amides is 1. The molecular weight excluding hydrogens is 338 g/mol. The molecule has 1 atom stereocenters. The van der Waals surface area contributed by atoms with Gasteiger partial charge < -0.3 is 9.64 Å².